The highest BCUT2D eigenvalue weighted by Crippen LogP contribution is 2.09. The first-order valence-electron chi connectivity index (χ1n) is 7.01. The quantitative estimate of drug-likeness (QED) is 0.823. The molecule has 4 heteroatoms. The van der Waals surface area contributed by atoms with E-state index in [-0.39, 0.29) is 12.6 Å². The summed E-state index contributed by atoms with van der Waals surface area (Å²) >= 11 is 0. The van der Waals surface area contributed by atoms with Crippen LogP contribution >= 0.6 is 0 Å². The number of likely N-dealkylation sites (tertiary alicyclic amines) is 1. The van der Waals surface area contributed by atoms with Crippen molar-refractivity contribution < 1.29 is 9.90 Å². The molecule has 0 radical (unpaired) electrons. The van der Waals surface area contributed by atoms with Gasteiger partial charge in [-0.1, -0.05) is 30.0 Å². The molecule has 2 amide bonds. The Morgan fingerprint density at radius 3 is 2.80 bits per heavy atom. The molecule has 0 aliphatic carbocycles. The molecule has 1 aromatic rings. The number of nitrogens with zero attached hydrogens (tertiary/aromatic N) is 1. The van der Waals surface area contributed by atoms with Crippen molar-refractivity contribution in [3.63, 3.8) is 0 Å². The highest BCUT2D eigenvalue weighted by atomic mass is 16.2. The minimum atomic E-state index is 0.000574. The second-order valence-corrected chi connectivity index (χ2v) is 4.79. The van der Waals surface area contributed by atoms with Crippen molar-refractivity contribution in [3.8, 4) is 11.8 Å². The van der Waals surface area contributed by atoms with Crippen LogP contribution in [0.5, 0.6) is 0 Å². The van der Waals surface area contributed by atoms with Gasteiger partial charge in [0.05, 0.1) is 6.61 Å². The predicted molar refractivity (Wildman–Crippen MR) is 78.1 cm³/mol. The summed E-state index contributed by atoms with van der Waals surface area (Å²) in [6, 6.07) is 7.76. The number of hydrogen-bond acceptors (Lipinski definition) is 2. The summed E-state index contributed by atoms with van der Waals surface area (Å²) < 4.78 is 0. The molecule has 20 heavy (non-hydrogen) atoms. The number of hydrogen-bond donors (Lipinski definition) is 2. The molecule has 2 N–H and O–H groups in total. The van der Waals surface area contributed by atoms with Gasteiger partial charge in [0.15, 0.2) is 0 Å². The number of aliphatic hydroxyl groups is 1. The van der Waals surface area contributed by atoms with E-state index in [1.807, 2.05) is 29.2 Å². The van der Waals surface area contributed by atoms with Gasteiger partial charge in [0.1, 0.15) is 0 Å². The van der Waals surface area contributed by atoms with Crippen molar-refractivity contribution in [2.24, 2.45) is 0 Å². The third-order valence-corrected chi connectivity index (χ3v) is 3.30. The van der Waals surface area contributed by atoms with Gasteiger partial charge >= 0.3 is 6.03 Å². The first kappa shape index (κ1) is 14.4. The summed E-state index contributed by atoms with van der Waals surface area (Å²) in [4.78, 5) is 13.8. The summed E-state index contributed by atoms with van der Waals surface area (Å²) in [5.41, 5.74) is 1.91. The van der Waals surface area contributed by atoms with Gasteiger partial charge in [-0.05, 0) is 24.5 Å². The van der Waals surface area contributed by atoms with Gasteiger partial charge in [0.2, 0.25) is 0 Å². The average molecular weight is 272 g/mol. The molecular weight excluding hydrogens is 252 g/mol. The van der Waals surface area contributed by atoms with Crippen LogP contribution in [0.25, 0.3) is 0 Å². The Morgan fingerprint density at radius 2 is 2.05 bits per heavy atom. The van der Waals surface area contributed by atoms with E-state index in [4.69, 9.17) is 5.11 Å². The molecule has 0 unspecified atom stereocenters. The van der Waals surface area contributed by atoms with Gasteiger partial charge in [-0.2, -0.15) is 0 Å². The van der Waals surface area contributed by atoms with E-state index >= 15 is 0 Å². The Hall–Kier alpha value is -1.99. The number of aliphatic hydroxyl groups excluding tert-OH is 1. The largest absolute Gasteiger partial charge is 0.395 e. The molecule has 106 valence electrons. The Morgan fingerprint density at radius 1 is 1.30 bits per heavy atom. The lowest BCUT2D eigenvalue weighted by Crippen LogP contribution is -2.37. The van der Waals surface area contributed by atoms with Crippen molar-refractivity contribution in [1.29, 1.82) is 0 Å². The first-order valence-corrected chi connectivity index (χ1v) is 7.01. The van der Waals surface area contributed by atoms with Crippen LogP contribution in [-0.2, 0) is 6.54 Å². The summed E-state index contributed by atoms with van der Waals surface area (Å²) in [7, 11) is 0. The van der Waals surface area contributed by atoms with Crippen LogP contribution in [0, 0.1) is 11.8 Å². The topological polar surface area (TPSA) is 52.6 Å². The zero-order valence-electron chi connectivity index (χ0n) is 11.6. The molecule has 0 bridgehead atoms. The number of amides is 2. The second kappa shape index (κ2) is 7.56. The fourth-order valence-electron chi connectivity index (χ4n) is 2.21. The Labute approximate surface area is 119 Å². The van der Waals surface area contributed by atoms with E-state index in [0.29, 0.717) is 13.0 Å². The van der Waals surface area contributed by atoms with Crippen molar-refractivity contribution in [2.75, 3.05) is 19.7 Å². The van der Waals surface area contributed by atoms with E-state index in [2.05, 4.69) is 17.2 Å². The minimum Gasteiger partial charge on any atom is -0.395 e. The van der Waals surface area contributed by atoms with Crippen LogP contribution in [-0.4, -0.2) is 35.7 Å². The standard InChI is InChI=1S/C16H20N2O2/c19-12-6-3-8-14-7-1-2-9-15(14)13-17-16(20)18-10-4-5-11-18/h1-2,7,9,19H,4-6,10-13H2,(H,17,20). The van der Waals surface area contributed by atoms with Crippen LogP contribution in [0.4, 0.5) is 4.79 Å². The van der Waals surface area contributed by atoms with E-state index in [1.165, 1.54) is 0 Å². The van der Waals surface area contributed by atoms with E-state index in [9.17, 15) is 4.79 Å². The molecule has 4 nitrogen and oxygen atoms in total. The fourth-order valence-corrected chi connectivity index (χ4v) is 2.21. The molecule has 0 aromatic heterocycles. The van der Waals surface area contributed by atoms with Crippen molar-refractivity contribution in [3.05, 3.63) is 35.4 Å². The molecular formula is C16H20N2O2. The maximum atomic E-state index is 11.9. The smallest absolute Gasteiger partial charge is 0.317 e. The maximum absolute atomic E-state index is 11.9. The molecule has 1 aliphatic heterocycles. The van der Waals surface area contributed by atoms with Crippen molar-refractivity contribution in [2.45, 2.75) is 25.8 Å². The zero-order chi connectivity index (χ0) is 14.2. The lowest BCUT2D eigenvalue weighted by Gasteiger charge is -2.16. The normalized spacial score (nSPS) is 13.8. The summed E-state index contributed by atoms with van der Waals surface area (Å²) in [6.45, 7) is 2.26. The van der Waals surface area contributed by atoms with Crippen molar-refractivity contribution >= 4 is 6.03 Å². The Bertz CT molecular complexity index is 511. The molecule has 2 rings (SSSR count). The van der Waals surface area contributed by atoms with Gasteiger partial charge in [-0.15, -0.1) is 0 Å². The molecule has 0 atom stereocenters. The highest BCUT2D eigenvalue weighted by molar-refractivity contribution is 5.74. The van der Waals surface area contributed by atoms with Crippen LogP contribution < -0.4 is 5.32 Å². The monoisotopic (exact) mass is 272 g/mol. The Balaban J connectivity index is 1.95. The fraction of sp³-hybridized carbons (Fsp3) is 0.438. The number of carbonyl (C=O) groups excluding carboxylic acids is 1. The minimum absolute atomic E-state index is 0.000574. The van der Waals surface area contributed by atoms with Gasteiger partial charge in [-0.25, -0.2) is 4.79 Å². The van der Waals surface area contributed by atoms with Crippen LogP contribution in [0.1, 0.15) is 30.4 Å². The first-order chi connectivity index (χ1) is 9.81. The lowest BCUT2D eigenvalue weighted by atomic mass is 10.1. The summed E-state index contributed by atoms with van der Waals surface area (Å²) in [5, 5.41) is 11.7. The molecule has 0 spiro atoms. The number of urea groups is 1. The molecule has 1 fully saturated rings. The summed E-state index contributed by atoms with van der Waals surface area (Å²) in [5.74, 6) is 5.94. The van der Waals surface area contributed by atoms with Gasteiger partial charge < -0.3 is 15.3 Å². The number of nitrogens with one attached hydrogen (secondary N) is 1. The molecule has 1 heterocycles. The molecule has 1 saturated heterocycles. The van der Waals surface area contributed by atoms with E-state index < -0.39 is 0 Å². The van der Waals surface area contributed by atoms with Gasteiger partial charge in [-0.3, -0.25) is 0 Å². The molecule has 0 saturated carbocycles. The third kappa shape index (κ3) is 4.01. The van der Waals surface area contributed by atoms with E-state index in [0.717, 1.165) is 37.1 Å². The summed E-state index contributed by atoms with van der Waals surface area (Å²) in [6.07, 6.45) is 2.65. The van der Waals surface area contributed by atoms with Crippen molar-refractivity contribution in [1.82, 2.24) is 10.2 Å². The predicted octanol–water partition coefficient (Wildman–Crippen LogP) is 1.73. The number of carbonyl (C=O) groups is 1. The molecule has 1 aromatic carbocycles. The number of benzene rings is 1. The average Bonchev–Trinajstić information content (AvgIpc) is 3.00. The lowest BCUT2D eigenvalue weighted by molar-refractivity contribution is 0.208. The van der Waals surface area contributed by atoms with E-state index in [1.54, 1.807) is 0 Å². The maximum Gasteiger partial charge on any atom is 0.317 e. The molecule has 1 aliphatic rings. The van der Waals surface area contributed by atoms with Gasteiger partial charge in [0, 0.05) is 31.6 Å². The zero-order valence-corrected chi connectivity index (χ0v) is 11.6. The highest BCUT2D eigenvalue weighted by Gasteiger charge is 2.17. The van der Waals surface area contributed by atoms with Crippen LogP contribution in [0.2, 0.25) is 0 Å². The Kier molecular flexibility index (Phi) is 5.45. The SMILES string of the molecule is O=C(NCc1ccccc1C#CCCO)N1CCCC1. The third-order valence-electron chi connectivity index (χ3n) is 3.30. The van der Waals surface area contributed by atoms with Gasteiger partial charge in [0.25, 0.3) is 0 Å². The van der Waals surface area contributed by atoms with Crippen LogP contribution in [0.3, 0.4) is 0 Å². The number of rotatable bonds is 3. The van der Waals surface area contributed by atoms with Crippen LogP contribution in [0.15, 0.2) is 24.3 Å². The second-order valence-electron chi connectivity index (χ2n) is 4.79.